The van der Waals surface area contributed by atoms with Crippen LogP contribution in [0.2, 0.25) is 0 Å². The van der Waals surface area contributed by atoms with Crippen molar-refractivity contribution in [2.45, 2.75) is 0 Å². The number of terminal acetylenes is 1. The van der Waals surface area contributed by atoms with Crippen LogP contribution in [0.15, 0.2) is 41.7 Å². The minimum atomic E-state index is 0.917. The van der Waals surface area contributed by atoms with Gasteiger partial charge in [-0.15, -0.1) is 23.5 Å². The zero-order valence-electron chi connectivity index (χ0n) is 7.37. The molecule has 0 saturated heterocycles. The van der Waals surface area contributed by atoms with Gasteiger partial charge < -0.3 is 0 Å². The van der Waals surface area contributed by atoms with Gasteiger partial charge in [-0.3, -0.25) is 0 Å². The molecule has 0 atom stereocenters. The van der Waals surface area contributed by atoms with Gasteiger partial charge in [0.1, 0.15) is 0 Å². The Morgan fingerprint density at radius 3 is 2.71 bits per heavy atom. The molecule has 0 spiro atoms. The van der Waals surface area contributed by atoms with Gasteiger partial charge in [0.2, 0.25) is 0 Å². The van der Waals surface area contributed by atoms with Gasteiger partial charge in [0.25, 0.3) is 0 Å². The second kappa shape index (κ2) is 3.86. The molecule has 14 heavy (non-hydrogen) atoms. The average molecular weight is 194 g/mol. The van der Waals surface area contributed by atoms with E-state index in [9.17, 15) is 0 Å². The third-order valence-corrected chi connectivity index (χ3v) is 2.60. The van der Waals surface area contributed by atoms with Gasteiger partial charge in [-0.2, -0.15) is 0 Å². The van der Waals surface area contributed by atoms with E-state index in [2.05, 4.69) is 23.5 Å². The molecule has 0 amide bonds. The minimum Gasteiger partial charge on any atom is -0.118 e. The van der Waals surface area contributed by atoms with E-state index in [-0.39, 0.29) is 0 Å². The molecule has 64 valence electrons. The highest BCUT2D eigenvalue weighted by atomic mass is 32.1. The summed E-state index contributed by atoms with van der Waals surface area (Å²) in [6, 6.07) is 3.85. The molecule has 1 aliphatic rings. The first-order valence-electron chi connectivity index (χ1n) is 4.10. The molecule has 1 aromatic rings. The van der Waals surface area contributed by atoms with Crippen molar-refractivity contribution in [3.8, 4) is 24.2 Å². The second-order valence-corrected chi connectivity index (χ2v) is 3.73. The lowest BCUT2D eigenvalue weighted by Gasteiger charge is -1.78. The van der Waals surface area contributed by atoms with Crippen LogP contribution < -0.4 is 0 Å². The highest BCUT2D eigenvalue weighted by molar-refractivity contribution is 7.13. The van der Waals surface area contributed by atoms with E-state index in [1.165, 1.54) is 11.3 Å². The van der Waals surface area contributed by atoms with Gasteiger partial charge >= 0.3 is 0 Å². The first-order valence-corrected chi connectivity index (χ1v) is 4.92. The molecule has 0 nitrogen and oxygen atoms in total. The highest BCUT2D eigenvalue weighted by Gasteiger charge is 1.93. The zero-order valence-corrected chi connectivity index (χ0v) is 8.19. The number of hydrogen-bond acceptors (Lipinski definition) is 1. The van der Waals surface area contributed by atoms with Crippen molar-refractivity contribution < 1.29 is 0 Å². The molecule has 0 bridgehead atoms. The Balaban J connectivity index is 2.22. The SMILES string of the molecule is C#Cc1ccc(C#CC2=C=CC=C2)s1. The van der Waals surface area contributed by atoms with E-state index in [1.54, 1.807) is 0 Å². The normalized spacial score (nSPS) is 11.8. The lowest BCUT2D eigenvalue weighted by Crippen LogP contribution is -1.65. The van der Waals surface area contributed by atoms with E-state index in [0.717, 1.165) is 15.3 Å². The summed E-state index contributed by atoms with van der Waals surface area (Å²) in [5.74, 6) is 8.64. The summed E-state index contributed by atoms with van der Waals surface area (Å²) >= 11 is 1.53. The predicted octanol–water partition coefficient (Wildman–Crippen LogP) is 2.73. The van der Waals surface area contributed by atoms with E-state index < -0.39 is 0 Å². The molecule has 2 rings (SSSR count). The molecule has 0 saturated carbocycles. The Kier molecular flexibility index (Phi) is 2.39. The highest BCUT2D eigenvalue weighted by Crippen LogP contribution is 2.14. The lowest BCUT2D eigenvalue weighted by atomic mass is 10.3. The number of rotatable bonds is 0. The van der Waals surface area contributed by atoms with Crippen LogP contribution in [0.5, 0.6) is 0 Å². The van der Waals surface area contributed by atoms with Crippen molar-refractivity contribution in [3.63, 3.8) is 0 Å². The topological polar surface area (TPSA) is 0 Å². The zero-order chi connectivity index (χ0) is 9.80. The quantitative estimate of drug-likeness (QED) is 0.440. The van der Waals surface area contributed by atoms with Gasteiger partial charge in [-0.05, 0) is 30.2 Å². The summed E-state index contributed by atoms with van der Waals surface area (Å²) in [7, 11) is 0. The fraction of sp³-hybridized carbons (Fsp3) is 0. The molecule has 0 fully saturated rings. The van der Waals surface area contributed by atoms with Crippen molar-refractivity contribution in [1.29, 1.82) is 0 Å². The Labute approximate surface area is 87.3 Å². The van der Waals surface area contributed by atoms with Crippen molar-refractivity contribution in [3.05, 3.63) is 51.4 Å². The molecule has 1 aromatic heterocycles. The van der Waals surface area contributed by atoms with Gasteiger partial charge in [-0.25, -0.2) is 0 Å². The van der Waals surface area contributed by atoms with Crippen LogP contribution in [0.1, 0.15) is 9.75 Å². The molecule has 0 aromatic carbocycles. The van der Waals surface area contributed by atoms with Gasteiger partial charge in [0.05, 0.1) is 15.3 Å². The molecule has 0 unspecified atom stereocenters. The van der Waals surface area contributed by atoms with Crippen molar-refractivity contribution in [1.82, 2.24) is 0 Å². The molecule has 0 radical (unpaired) electrons. The molecule has 1 aliphatic carbocycles. The molecular weight excluding hydrogens is 188 g/mol. The molecule has 0 N–H and O–H groups in total. The van der Waals surface area contributed by atoms with Crippen molar-refractivity contribution in [2.24, 2.45) is 0 Å². The Morgan fingerprint density at radius 2 is 2.07 bits per heavy atom. The van der Waals surface area contributed by atoms with Crippen LogP contribution in [0.25, 0.3) is 0 Å². The van der Waals surface area contributed by atoms with Crippen LogP contribution in [-0.4, -0.2) is 0 Å². The number of thiophene rings is 1. The predicted molar refractivity (Wildman–Crippen MR) is 59.9 cm³/mol. The summed E-state index contributed by atoms with van der Waals surface area (Å²) in [5.41, 5.74) is 3.94. The largest absolute Gasteiger partial charge is 0.118 e. The summed E-state index contributed by atoms with van der Waals surface area (Å²) < 4.78 is 0. The summed E-state index contributed by atoms with van der Waals surface area (Å²) in [6.07, 6.45) is 11.0. The van der Waals surface area contributed by atoms with Crippen molar-refractivity contribution >= 4 is 11.3 Å². The first-order chi connectivity index (χ1) is 6.88. The fourth-order valence-electron chi connectivity index (χ4n) is 1.02. The number of hydrogen-bond donors (Lipinski definition) is 0. The Bertz CT molecular complexity index is 544. The van der Waals surface area contributed by atoms with E-state index in [1.807, 2.05) is 30.4 Å². The van der Waals surface area contributed by atoms with Crippen LogP contribution in [0, 0.1) is 24.2 Å². The summed E-state index contributed by atoms with van der Waals surface area (Å²) in [5, 5.41) is 0. The fourth-order valence-corrected chi connectivity index (χ4v) is 1.69. The van der Waals surface area contributed by atoms with Crippen molar-refractivity contribution in [2.75, 3.05) is 0 Å². The van der Waals surface area contributed by atoms with Gasteiger partial charge in [0.15, 0.2) is 0 Å². The molecular formula is C13H6S. The molecule has 1 heterocycles. The van der Waals surface area contributed by atoms with Crippen LogP contribution in [0.4, 0.5) is 0 Å². The van der Waals surface area contributed by atoms with Crippen LogP contribution in [-0.2, 0) is 0 Å². The Morgan fingerprint density at radius 1 is 1.21 bits per heavy atom. The molecule has 0 aliphatic heterocycles. The third-order valence-electron chi connectivity index (χ3n) is 1.67. The van der Waals surface area contributed by atoms with Crippen LogP contribution in [0.3, 0.4) is 0 Å². The second-order valence-electron chi connectivity index (χ2n) is 2.64. The molecule has 1 heteroatoms. The summed E-state index contributed by atoms with van der Waals surface area (Å²) in [6.45, 7) is 0. The van der Waals surface area contributed by atoms with E-state index in [0.29, 0.717) is 0 Å². The maximum Gasteiger partial charge on any atom is 0.0785 e. The standard InChI is InChI=1S/C13H6S/c1-2-12-9-10-13(14-12)8-7-11-5-3-4-6-11/h1,3-5,9-10H. The average Bonchev–Trinajstić information content (AvgIpc) is 2.86. The smallest absolute Gasteiger partial charge is 0.0785 e. The van der Waals surface area contributed by atoms with Gasteiger partial charge in [0, 0.05) is 0 Å². The maximum absolute atomic E-state index is 5.26. The van der Waals surface area contributed by atoms with E-state index >= 15 is 0 Å². The third kappa shape index (κ3) is 1.87. The lowest BCUT2D eigenvalue weighted by molar-refractivity contribution is 1.85. The maximum atomic E-state index is 5.26. The Hall–Kier alpha value is -1.92. The monoisotopic (exact) mass is 194 g/mol. The first kappa shape index (κ1) is 8.67. The van der Waals surface area contributed by atoms with Crippen LogP contribution >= 0.6 is 11.3 Å². The number of allylic oxidation sites excluding steroid dienone is 3. The van der Waals surface area contributed by atoms with E-state index in [4.69, 9.17) is 6.42 Å². The summed E-state index contributed by atoms with van der Waals surface area (Å²) in [4.78, 5) is 1.91. The minimum absolute atomic E-state index is 0.917. The van der Waals surface area contributed by atoms with Gasteiger partial charge in [-0.1, -0.05) is 17.9 Å².